The second-order valence-electron chi connectivity index (χ2n) is 4.11. The summed E-state index contributed by atoms with van der Waals surface area (Å²) in [7, 11) is -3.47. The molecule has 0 unspecified atom stereocenters. The lowest BCUT2D eigenvalue weighted by Gasteiger charge is -2.07. The molecule has 0 radical (unpaired) electrons. The van der Waals surface area contributed by atoms with Crippen LogP contribution in [0.5, 0.6) is 0 Å². The number of hydrogen-bond acceptors (Lipinski definition) is 4. The Hall–Kier alpha value is -1.82. The van der Waals surface area contributed by atoms with Crippen molar-refractivity contribution < 1.29 is 12.9 Å². The largest absolute Gasteiger partial charge is 0.360 e. The van der Waals surface area contributed by atoms with E-state index in [9.17, 15) is 8.42 Å². The third kappa shape index (κ3) is 3.10. The Kier molecular flexibility index (Phi) is 3.38. The number of anilines is 1. The van der Waals surface area contributed by atoms with Gasteiger partial charge in [-0.3, -0.25) is 4.72 Å². The lowest BCUT2D eigenvalue weighted by atomic mass is 10.1. The van der Waals surface area contributed by atoms with Gasteiger partial charge in [0.15, 0.2) is 5.82 Å². The molecule has 1 N–H and O–H groups in total. The van der Waals surface area contributed by atoms with Gasteiger partial charge in [0.2, 0.25) is 10.0 Å². The van der Waals surface area contributed by atoms with Crippen LogP contribution in [0.1, 0.15) is 16.9 Å². The van der Waals surface area contributed by atoms with Crippen LogP contribution in [0.4, 0.5) is 5.82 Å². The number of benzene rings is 1. The molecule has 1 aromatic carbocycles. The monoisotopic (exact) mass is 266 g/mol. The first kappa shape index (κ1) is 12.6. The van der Waals surface area contributed by atoms with Crippen LogP contribution in [0.15, 0.2) is 34.9 Å². The molecule has 0 aliphatic carbocycles. The predicted molar refractivity (Wildman–Crippen MR) is 68.7 cm³/mol. The molecule has 0 saturated carbocycles. The molecule has 96 valence electrons. The van der Waals surface area contributed by atoms with Gasteiger partial charge in [0.25, 0.3) is 0 Å². The van der Waals surface area contributed by atoms with Gasteiger partial charge in [-0.1, -0.05) is 29.4 Å². The Morgan fingerprint density at radius 3 is 2.61 bits per heavy atom. The number of sulfonamides is 1. The van der Waals surface area contributed by atoms with Crippen molar-refractivity contribution in [3.63, 3.8) is 0 Å². The molecule has 18 heavy (non-hydrogen) atoms. The normalized spacial score (nSPS) is 11.4. The molecular weight excluding hydrogens is 252 g/mol. The van der Waals surface area contributed by atoms with Crippen LogP contribution < -0.4 is 4.72 Å². The zero-order valence-electron chi connectivity index (χ0n) is 10.2. The van der Waals surface area contributed by atoms with E-state index in [0.717, 1.165) is 11.1 Å². The minimum absolute atomic E-state index is 0.0778. The van der Waals surface area contributed by atoms with Crippen molar-refractivity contribution in [1.82, 2.24) is 5.16 Å². The summed E-state index contributed by atoms with van der Waals surface area (Å²) in [6, 6.07) is 8.90. The highest BCUT2D eigenvalue weighted by Gasteiger charge is 2.14. The Labute approximate surface area is 106 Å². The molecule has 0 aliphatic heterocycles. The van der Waals surface area contributed by atoms with Crippen molar-refractivity contribution in [2.45, 2.75) is 19.6 Å². The second kappa shape index (κ2) is 4.81. The molecule has 0 atom stereocenters. The summed E-state index contributed by atoms with van der Waals surface area (Å²) >= 11 is 0. The van der Waals surface area contributed by atoms with Gasteiger partial charge in [-0.25, -0.2) is 8.42 Å². The van der Waals surface area contributed by atoms with Crippen LogP contribution in [-0.2, 0) is 15.8 Å². The zero-order chi connectivity index (χ0) is 13.2. The fraction of sp³-hybridized carbons (Fsp3) is 0.250. The highest BCUT2D eigenvalue weighted by Crippen LogP contribution is 2.14. The Morgan fingerprint density at radius 2 is 2.00 bits per heavy atom. The van der Waals surface area contributed by atoms with Gasteiger partial charge in [0, 0.05) is 6.07 Å². The SMILES string of the molecule is Cc1cc(NS(=O)(=O)Cc2ccccc2C)no1. The summed E-state index contributed by atoms with van der Waals surface area (Å²) in [5.74, 6) is 0.690. The first-order valence-electron chi connectivity index (χ1n) is 5.44. The number of rotatable bonds is 4. The molecule has 1 aromatic heterocycles. The van der Waals surface area contributed by atoms with Crippen LogP contribution in [-0.4, -0.2) is 13.6 Å². The molecule has 0 bridgehead atoms. The summed E-state index contributed by atoms with van der Waals surface area (Å²) < 4.78 is 31.1. The summed E-state index contributed by atoms with van der Waals surface area (Å²) in [5, 5.41) is 3.60. The molecule has 1 heterocycles. The Bertz CT molecular complexity index is 647. The zero-order valence-corrected chi connectivity index (χ0v) is 11.0. The van der Waals surface area contributed by atoms with Crippen molar-refractivity contribution in [1.29, 1.82) is 0 Å². The first-order valence-corrected chi connectivity index (χ1v) is 7.10. The molecule has 0 saturated heterocycles. The topological polar surface area (TPSA) is 72.2 Å². The predicted octanol–water partition coefficient (Wildman–Crippen LogP) is 2.23. The maximum absolute atomic E-state index is 11.9. The van der Waals surface area contributed by atoms with Crippen LogP contribution in [0.3, 0.4) is 0 Å². The fourth-order valence-electron chi connectivity index (χ4n) is 1.59. The maximum Gasteiger partial charge on any atom is 0.238 e. The molecule has 2 aromatic rings. The molecule has 0 aliphatic rings. The maximum atomic E-state index is 11.9. The van der Waals surface area contributed by atoms with Crippen LogP contribution >= 0.6 is 0 Å². The number of aromatic nitrogens is 1. The molecule has 0 spiro atoms. The highest BCUT2D eigenvalue weighted by molar-refractivity contribution is 7.91. The Morgan fingerprint density at radius 1 is 1.28 bits per heavy atom. The molecule has 0 fully saturated rings. The fourth-order valence-corrected chi connectivity index (χ4v) is 2.81. The van der Waals surface area contributed by atoms with E-state index in [4.69, 9.17) is 4.52 Å². The van der Waals surface area contributed by atoms with Gasteiger partial charge in [-0.05, 0) is 25.0 Å². The van der Waals surface area contributed by atoms with E-state index >= 15 is 0 Å². The van der Waals surface area contributed by atoms with E-state index in [-0.39, 0.29) is 11.6 Å². The van der Waals surface area contributed by atoms with Crippen molar-refractivity contribution in [2.24, 2.45) is 0 Å². The molecular formula is C12H14N2O3S. The Balaban J connectivity index is 2.15. The highest BCUT2D eigenvalue weighted by atomic mass is 32.2. The van der Waals surface area contributed by atoms with E-state index in [1.54, 1.807) is 13.0 Å². The van der Waals surface area contributed by atoms with Crippen molar-refractivity contribution in [3.05, 3.63) is 47.2 Å². The average molecular weight is 266 g/mol. The molecule has 6 heteroatoms. The summed E-state index contributed by atoms with van der Waals surface area (Å²) in [6.45, 7) is 3.58. The van der Waals surface area contributed by atoms with E-state index in [1.165, 1.54) is 6.07 Å². The smallest absolute Gasteiger partial charge is 0.238 e. The molecule has 0 amide bonds. The number of nitrogens with zero attached hydrogens (tertiary/aromatic N) is 1. The summed E-state index contributed by atoms with van der Waals surface area (Å²) in [4.78, 5) is 0. The third-order valence-corrected chi connectivity index (χ3v) is 3.71. The standard InChI is InChI=1S/C12H14N2O3S/c1-9-5-3-4-6-11(9)8-18(15,16)14-12-7-10(2)17-13-12/h3-7H,8H2,1-2H3,(H,13,14). The van der Waals surface area contributed by atoms with Crippen LogP contribution in [0.2, 0.25) is 0 Å². The van der Waals surface area contributed by atoms with Crippen molar-refractivity contribution >= 4 is 15.8 Å². The third-order valence-electron chi connectivity index (χ3n) is 2.49. The van der Waals surface area contributed by atoms with Gasteiger partial charge in [0.1, 0.15) is 5.76 Å². The van der Waals surface area contributed by atoms with E-state index in [0.29, 0.717) is 5.76 Å². The van der Waals surface area contributed by atoms with Crippen molar-refractivity contribution in [2.75, 3.05) is 4.72 Å². The minimum Gasteiger partial charge on any atom is -0.360 e. The minimum atomic E-state index is -3.47. The van der Waals surface area contributed by atoms with E-state index < -0.39 is 10.0 Å². The molecule has 2 rings (SSSR count). The van der Waals surface area contributed by atoms with Gasteiger partial charge in [-0.15, -0.1) is 0 Å². The summed E-state index contributed by atoms with van der Waals surface area (Å²) in [6.07, 6.45) is 0. The van der Waals surface area contributed by atoms with Crippen LogP contribution in [0.25, 0.3) is 0 Å². The van der Waals surface area contributed by atoms with Crippen LogP contribution in [0, 0.1) is 13.8 Å². The second-order valence-corrected chi connectivity index (χ2v) is 5.83. The van der Waals surface area contributed by atoms with Gasteiger partial charge < -0.3 is 4.52 Å². The van der Waals surface area contributed by atoms with E-state index in [2.05, 4.69) is 9.88 Å². The lowest BCUT2D eigenvalue weighted by Crippen LogP contribution is -2.15. The lowest BCUT2D eigenvalue weighted by molar-refractivity contribution is 0.400. The average Bonchev–Trinajstić information content (AvgIpc) is 2.66. The number of aryl methyl sites for hydroxylation is 2. The number of nitrogens with one attached hydrogen (secondary N) is 1. The van der Waals surface area contributed by atoms with Gasteiger partial charge in [0.05, 0.1) is 5.75 Å². The quantitative estimate of drug-likeness (QED) is 0.921. The van der Waals surface area contributed by atoms with Gasteiger partial charge >= 0.3 is 0 Å². The summed E-state index contributed by atoms with van der Waals surface area (Å²) in [5.41, 5.74) is 1.71. The first-order chi connectivity index (χ1) is 8.46. The number of hydrogen-bond donors (Lipinski definition) is 1. The van der Waals surface area contributed by atoms with E-state index in [1.807, 2.05) is 25.1 Å². The molecule has 5 nitrogen and oxygen atoms in total. The van der Waals surface area contributed by atoms with Gasteiger partial charge in [-0.2, -0.15) is 0 Å². The van der Waals surface area contributed by atoms with Crippen molar-refractivity contribution in [3.8, 4) is 0 Å².